The SMILES string of the molecule is CCc1ncnc(NC(C)c2ccc(OC(=O)NCCCOCCCNC(C)=O)cc2)c1Cl. The maximum absolute atomic E-state index is 12.0. The van der Waals surface area contributed by atoms with Gasteiger partial charge in [-0.3, -0.25) is 4.79 Å². The lowest BCUT2D eigenvalue weighted by molar-refractivity contribution is -0.119. The summed E-state index contributed by atoms with van der Waals surface area (Å²) >= 11 is 6.35. The van der Waals surface area contributed by atoms with Gasteiger partial charge < -0.3 is 25.4 Å². The summed E-state index contributed by atoms with van der Waals surface area (Å²) in [5, 5.41) is 9.22. The van der Waals surface area contributed by atoms with Gasteiger partial charge in [-0.05, 0) is 43.9 Å². The van der Waals surface area contributed by atoms with Crippen LogP contribution in [-0.2, 0) is 16.0 Å². The molecule has 180 valence electrons. The summed E-state index contributed by atoms with van der Waals surface area (Å²) in [6, 6.07) is 7.19. The number of halogens is 1. The number of hydrogen-bond donors (Lipinski definition) is 3. The van der Waals surface area contributed by atoms with Crippen LogP contribution in [0.5, 0.6) is 5.75 Å². The molecule has 1 unspecified atom stereocenters. The monoisotopic (exact) mass is 477 g/mol. The fraction of sp³-hybridized carbons (Fsp3) is 0.478. The lowest BCUT2D eigenvalue weighted by Crippen LogP contribution is -2.28. The van der Waals surface area contributed by atoms with Crippen molar-refractivity contribution in [2.45, 2.75) is 46.1 Å². The number of carbonyl (C=O) groups is 2. The lowest BCUT2D eigenvalue weighted by Gasteiger charge is -2.17. The number of hydrogen-bond acceptors (Lipinski definition) is 7. The van der Waals surface area contributed by atoms with Crippen LogP contribution in [0, 0.1) is 0 Å². The Bertz CT molecular complexity index is 895. The molecular weight excluding hydrogens is 446 g/mol. The molecule has 0 aliphatic rings. The van der Waals surface area contributed by atoms with Gasteiger partial charge in [0.05, 0.1) is 5.69 Å². The van der Waals surface area contributed by atoms with Crippen LogP contribution in [-0.4, -0.2) is 48.3 Å². The zero-order valence-electron chi connectivity index (χ0n) is 19.3. The molecule has 0 aliphatic carbocycles. The number of aryl methyl sites for hydroxylation is 1. The van der Waals surface area contributed by atoms with Gasteiger partial charge in [-0.1, -0.05) is 30.7 Å². The van der Waals surface area contributed by atoms with Crippen LogP contribution < -0.4 is 20.7 Å². The Labute approximate surface area is 199 Å². The number of benzene rings is 1. The second-order valence-corrected chi connectivity index (χ2v) is 7.77. The molecule has 33 heavy (non-hydrogen) atoms. The molecule has 10 heteroatoms. The molecule has 0 spiro atoms. The molecule has 2 rings (SSSR count). The summed E-state index contributed by atoms with van der Waals surface area (Å²) in [4.78, 5) is 31.1. The predicted octanol–water partition coefficient (Wildman–Crippen LogP) is 3.89. The van der Waals surface area contributed by atoms with E-state index in [1.807, 2.05) is 26.0 Å². The van der Waals surface area contributed by atoms with Crippen LogP contribution in [0.3, 0.4) is 0 Å². The lowest BCUT2D eigenvalue weighted by atomic mass is 10.1. The fourth-order valence-electron chi connectivity index (χ4n) is 2.91. The third kappa shape index (κ3) is 9.63. The molecule has 9 nitrogen and oxygen atoms in total. The first-order valence-electron chi connectivity index (χ1n) is 11.0. The minimum atomic E-state index is -0.514. The number of nitrogens with zero attached hydrogens (tertiary/aromatic N) is 2. The molecule has 2 aromatic rings. The molecule has 1 heterocycles. The van der Waals surface area contributed by atoms with E-state index < -0.39 is 6.09 Å². The van der Waals surface area contributed by atoms with Crippen molar-refractivity contribution in [3.63, 3.8) is 0 Å². The van der Waals surface area contributed by atoms with Gasteiger partial charge in [0.2, 0.25) is 5.91 Å². The maximum Gasteiger partial charge on any atom is 0.412 e. The summed E-state index contributed by atoms with van der Waals surface area (Å²) in [6.45, 7) is 7.60. The van der Waals surface area contributed by atoms with E-state index in [9.17, 15) is 9.59 Å². The Morgan fingerprint density at radius 1 is 1.06 bits per heavy atom. The van der Waals surface area contributed by atoms with Crippen LogP contribution >= 0.6 is 11.6 Å². The normalized spacial score (nSPS) is 11.5. The van der Waals surface area contributed by atoms with Crippen molar-refractivity contribution in [1.29, 1.82) is 0 Å². The highest BCUT2D eigenvalue weighted by Gasteiger charge is 2.12. The van der Waals surface area contributed by atoms with E-state index in [-0.39, 0.29) is 11.9 Å². The molecule has 0 aliphatic heterocycles. The first kappa shape index (κ1) is 26.3. The predicted molar refractivity (Wildman–Crippen MR) is 128 cm³/mol. The van der Waals surface area contributed by atoms with Gasteiger partial charge in [0.1, 0.15) is 22.9 Å². The van der Waals surface area contributed by atoms with E-state index in [1.54, 1.807) is 12.1 Å². The standard InChI is InChI=1S/C23H32ClN5O4/c1-4-20-21(24)22(28-15-27-20)29-16(2)18-7-9-19(10-8-18)33-23(31)26-12-6-14-32-13-5-11-25-17(3)30/h7-10,15-16H,4-6,11-14H2,1-3H3,(H,25,30)(H,26,31)(H,27,28,29). The van der Waals surface area contributed by atoms with Crippen LogP contribution in [0.2, 0.25) is 5.02 Å². The second-order valence-electron chi connectivity index (χ2n) is 7.39. The van der Waals surface area contributed by atoms with Crippen molar-refractivity contribution < 1.29 is 19.1 Å². The summed E-state index contributed by atoms with van der Waals surface area (Å²) < 4.78 is 10.8. The van der Waals surface area contributed by atoms with Gasteiger partial charge in [0.15, 0.2) is 0 Å². The van der Waals surface area contributed by atoms with Crippen LogP contribution in [0.25, 0.3) is 0 Å². The van der Waals surface area contributed by atoms with E-state index in [1.165, 1.54) is 13.3 Å². The van der Waals surface area contributed by atoms with Crippen molar-refractivity contribution in [2.24, 2.45) is 0 Å². The largest absolute Gasteiger partial charge is 0.412 e. The highest BCUT2D eigenvalue weighted by molar-refractivity contribution is 6.33. The van der Waals surface area contributed by atoms with Crippen molar-refractivity contribution in [3.05, 3.63) is 46.9 Å². The summed E-state index contributed by atoms with van der Waals surface area (Å²) in [5.74, 6) is 0.995. The summed E-state index contributed by atoms with van der Waals surface area (Å²) in [7, 11) is 0. The van der Waals surface area contributed by atoms with Gasteiger partial charge in [0, 0.05) is 39.3 Å². The Kier molecular flexibility index (Phi) is 11.4. The summed E-state index contributed by atoms with van der Waals surface area (Å²) in [6.07, 6.45) is 3.13. The molecular formula is C23H32ClN5O4. The van der Waals surface area contributed by atoms with Crippen LogP contribution in [0.15, 0.2) is 30.6 Å². The number of nitrogens with one attached hydrogen (secondary N) is 3. The zero-order chi connectivity index (χ0) is 24.1. The quantitative estimate of drug-likeness (QED) is 0.375. The van der Waals surface area contributed by atoms with Crippen molar-refractivity contribution in [2.75, 3.05) is 31.6 Å². The Balaban J connectivity index is 1.68. The molecule has 1 aromatic heterocycles. The maximum atomic E-state index is 12.0. The Morgan fingerprint density at radius 3 is 2.36 bits per heavy atom. The molecule has 1 aromatic carbocycles. The number of ether oxygens (including phenoxy) is 2. The van der Waals surface area contributed by atoms with E-state index in [2.05, 4.69) is 25.9 Å². The van der Waals surface area contributed by atoms with Gasteiger partial charge in [0.25, 0.3) is 0 Å². The van der Waals surface area contributed by atoms with Gasteiger partial charge in [-0.2, -0.15) is 0 Å². The second kappa shape index (κ2) is 14.3. The molecule has 0 fully saturated rings. The van der Waals surface area contributed by atoms with Gasteiger partial charge >= 0.3 is 6.09 Å². The summed E-state index contributed by atoms with van der Waals surface area (Å²) in [5.41, 5.74) is 1.79. The van der Waals surface area contributed by atoms with E-state index in [0.29, 0.717) is 49.3 Å². The van der Waals surface area contributed by atoms with Crippen LogP contribution in [0.1, 0.15) is 50.9 Å². The molecule has 3 N–H and O–H groups in total. The third-order valence-corrected chi connectivity index (χ3v) is 5.11. The third-order valence-electron chi connectivity index (χ3n) is 4.71. The van der Waals surface area contributed by atoms with E-state index >= 15 is 0 Å². The zero-order valence-corrected chi connectivity index (χ0v) is 20.1. The number of aromatic nitrogens is 2. The van der Waals surface area contributed by atoms with Crippen molar-refractivity contribution in [3.8, 4) is 5.75 Å². The molecule has 1 atom stereocenters. The topological polar surface area (TPSA) is 114 Å². The number of amides is 2. The highest BCUT2D eigenvalue weighted by Crippen LogP contribution is 2.27. The molecule has 0 bridgehead atoms. The van der Waals surface area contributed by atoms with E-state index in [4.69, 9.17) is 21.1 Å². The number of rotatable bonds is 13. The molecule has 0 saturated heterocycles. The molecule has 0 radical (unpaired) electrons. The average Bonchev–Trinajstić information content (AvgIpc) is 2.79. The van der Waals surface area contributed by atoms with Gasteiger partial charge in [-0.15, -0.1) is 0 Å². The first-order valence-corrected chi connectivity index (χ1v) is 11.4. The number of carbonyl (C=O) groups excluding carboxylic acids is 2. The Hall–Kier alpha value is -2.91. The molecule has 2 amide bonds. The number of anilines is 1. The molecule has 0 saturated carbocycles. The van der Waals surface area contributed by atoms with Crippen LogP contribution in [0.4, 0.5) is 10.6 Å². The van der Waals surface area contributed by atoms with Crippen molar-refractivity contribution in [1.82, 2.24) is 20.6 Å². The van der Waals surface area contributed by atoms with Crippen molar-refractivity contribution >= 4 is 29.4 Å². The minimum absolute atomic E-state index is 0.0452. The van der Waals surface area contributed by atoms with E-state index in [0.717, 1.165) is 24.1 Å². The van der Waals surface area contributed by atoms with Gasteiger partial charge in [-0.25, -0.2) is 14.8 Å². The highest BCUT2D eigenvalue weighted by atomic mass is 35.5. The smallest absolute Gasteiger partial charge is 0.410 e. The minimum Gasteiger partial charge on any atom is -0.410 e. The Morgan fingerprint density at radius 2 is 1.73 bits per heavy atom. The average molecular weight is 478 g/mol. The fourth-order valence-corrected chi connectivity index (χ4v) is 3.20. The first-order chi connectivity index (χ1) is 15.9.